The van der Waals surface area contributed by atoms with E-state index in [1.807, 2.05) is 32.3 Å². The molecule has 0 spiro atoms. The largest absolute Gasteiger partial charge is 0.496 e. The Morgan fingerprint density at radius 1 is 1.08 bits per heavy atom. The van der Waals surface area contributed by atoms with E-state index in [1.165, 1.54) is 5.56 Å². The fourth-order valence-electron chi connectivity index (χ4n) is 2.79. The van der Waals surface area contributed by atoms with Crippen LogP contribution in [0.3, 0.4) is 0 Å². The van der Waals surface area contributed by atoms with Crippen molar-refractivity contribution in [3.63, 3.8) is 0 Å². The number of nitrogens with zero attached hydrogens (tertiary/aromatic N) is 2. The highest BCUT2D eigenvalue weighted by atomic mass is 16.5. The molecule has 1 unspecified atom stereocenters. The molecule has 2 aromatic carbocycles. The molecule has 0 aromatic heterocycles. The average Bonchev–Trinajstić information content (AvgIpc) is 2.59. The number of hydrogen-bond acceptors (Lipinski definition) is 3. The van der Waals surface area contributed by atoms with Gasteiger partial charge in [0.1, 0.15) is 5.75 Å². The molecular formula is C21H26N2O. The minimum Gasteiger partial charge on any atom is -0.496 e. The summed E-state index contributed by atoms with van der Waals surface area (Å²) < 4.78 is 5.51. The molecule has 0 aliphatic carbocycles. The first-order valence-corrected chi connectivity index (χ1v) is 8.30. The van der Waals surface area contributed by atoms with Crippen LogP contribution >= 0.6 is 0 Å². The molecule has 0 saturated heterocycles. The molecule has 0 aliphatic rings. The summed E-state index contributed by atoms with van der Waals surface area (Å²) in [4.78, 5) is 2.05. The van der Waals surface area contributed by atoms with E-state index in [1.54, 1.807) is 7.11 Å². The fraction of sp³-hybridized carbons (Fsp3) is 0.381. The third-order valence-corrected chi connectivity index (χ3v) is 4.34. The zero-order valence-corrected chi connectivity index (χ0v) is 15.2. The van der Waals surface area contributed by atoms with Crippen molar-refractivity contribution >= 4 is 5.69 Å². The molecule has 24 heavy (non-hydrogen) atoms. The van der Waals surface area contributed by atoms with Gasteiger partial charge in [0.05, 0.1) is 19.1 Å². The molecule has 2 aromatic rings. The Kier molecular flexibility index (Phi) is 5.87. The second kappa shape index (κ2) is 7.88. The summed E-state index contributed by atoms with van der Waals surface area (Å²) in [6, 6.07) is 16.9. The number of anilines is 1. The second-order valence-corrected chi connectivity index (χ2v) is 6.60. The van der Waals surface area contributed by atoms with Gasteiger partial charge in [0.2, 0.25) is 0 Å². The summed E-state index contributed by atoms with van der Waals surface area (Å²) in [5.41, 5.74) is 4.51. The summed E-state index contributed by atoms with van der Waals surface area (Å²) in [7, 11) is 5.70. The molecule has 0 aliphatic heterocycles. The third kappa shape index (κ3) is 4.08. The van der Waals surface area contributed by atoms with E-state index in [0.717, 1.165) is 22.6 Å². The first-order chi connectivity index (χ1) is 11.5. The summed E-state index contributed by atoms with van der Waals surface area (Å²) in [6.45, 7) is 4.35. The Morgan fingerprint density at radius 2 is 1.83 bits per heavy atom. The first kappa shape index (κ1) is 17.9. The summed E-state index contributed by atoms with van der Waals surface area (Å²) in [5, 5.41) is 9.71. The highest BCUT2D eigenvalue weighted by Crippen LogP contribution is 2.30. The monoisotopic (exact) mass is 322 g/mol. The van der Waals surface area contributed by atoms with Crippen molar-refractivity contribution in [3.05, 3.63) is 59.2 Å². The van der Waals surface area contributed by atoms with Crippen LogP contribution in [0.25, 0.3) is 0 Å². The van der Waals surface area contributed by atoms with Crippen molar-refractivity contribution in [2.24, 2.45) is 0 Å². The predicted octanol–water partition coefficient (Wildman–Crippen LogP) is 4.73. The molecule has 0 amide bonds. The number of hydrogen-bond donors (Lipinski definition) is 0. The molecule has 0 radical (unpaired) electrons. The van der Waals surface area contributed by atoms with Gasteiger partial charge in [0, 0.05) is 19.8 Å². The van der Waals surface area contributed by atoms with Crippen molar-refractivity contribution in [2.45, 2.75) is 32.1 Å². The van der Waals surface area contributed by atoms with Gasteiger partial charge in [-0.3, -0.25) is 0 Å². The highest BCUT2D eigenvalue weighted by Gasteiger charge is 2.16. The van der Waals surface area contributed by atoms with Gasteiger partial charge in [0.15, 0.2) is 0 Å². The van der Waals surface area contributed by atoms with Gasteiger partial charge in [-0.1, -0.05) is 38.1 Å². The van der Waals surface area contributed by atoms with E-state index >= 15 is 0 Å². The number of nitriles is 1. The number of benzene rings is 2. The Morgan fingerprint density at radius 3 is 2.42 bits per heavy atom. The van der Waals surface area contributed by atoms with E-state index in [-0.39, 0.29) is 5.92 Å². The van der Waals surface area contributed by atoms with E-state index in [2.05, 4.69) is 49.1 Å². The Labute approximate surface area is 145 Å². The smallest absolute Gasteiger partial charge is 0.122 e. The normalized spacial score (nSPS) is 11.9. The van der Waals surface area contributed by atoms with Crippen LogP contribution in [0.1, 0.15) is 42.4 Å². The molecule has 3 nitrogen and oxygen atoms in total. The molecule has 0 N–H and O–H groups in total. The minimum atomic E-state index is -0.193. The standard InChI is InChI=1S/C21H26N2O/c1-15(2)16-9-10-21(24-5)18(11-16)12-19(14-22)17-7-6-8-20(13-17)23(3)4/h6-11,13,15,19H,12H2,1-5H3. The first-order valence-electron chi connectivity index (χ1n) is 8.30. The maximum Gasteiger partial charge on any atom is 0.122 e. The maximum absolute atomic E-state index is 9.71. The molecule has 0 heterocycles. The molecule has 3 heteroatoms. The molecule has 2 rings (SSSR count). The lowest BCUT2D eigenvalue weighted by Gasteiger charge is -2.18. The predicted molar refractivity (Wildman–Crippen MR) is 99.9 cm³/mol. The van der Waals surface area contributed by atoms with Gasteiger partial charge in [-0.15, -0.1) is 0 Å². The van der Waals surface area contributed by atoms with E-state index in [4.69, 9.17) is 4.74 Å². The van der Waals surface area contributed by atoms with Crippen molar-refractivity contribution < 1.29 is 4.74 Å². The highest BCUT2D eigenvalue weighted by molar-refractivity contribution is 5.49. The maximum atomic E-state index is 9.71. The Hall–Kier alpha value is -2.47. The fourth-order valence-corrected chi connectivity index (χ4v) is 2.79. The summed E-state index contributed by atoms with van der Waals surface area (Å²) in [5.74, 6) is 1.11. The van der Waals surface area contributed by atoms with E-state index in [0.29, 0.717) is 12.3 Å². The van der Waals surface area contributed by atoms with Crippen LogP contribution in [0, 0.1) is 11.3 Å². The van der Waals surface area contributed by atoms with Crippen LogP contribution < -0.4 is 9.64 Å². The van der Waals surface area contributed by atoms with Crippen LogP contribution in [0.15, 0.2) is 42.5 Å². The second-order valence-electron chi connectivity index (χ2n) is 6.60. The average molecular weight is 322 g/mol. The molecular weight excluding hydrogens is 296 g/mol. The zero-order chi connectivity index (χ0) is 17.7. The van der Waals surface area contributed by atoms with Gasteiger partial charge in [-0.2, -0.15) is 5.26 Å². The quantitative estimate of drug-likeness (QED) is 0.771. The topological polar surface area (TPSA) is 36.3 Å². The van der Waals surface area contributed by atoms with Crippen LogP contribution in [0.5, 0.6) is 5.75 Å². The van der Waals surface area contributed by atoms with Gasteiger partial charge in [-0.25, -0.2) is 0 Å². The summed E-state index contributed by atoms with van der Waals surface area (Å²) in [6.07, 6.45) is 0.650. The van der Waals surface area contributed by atoms with Gasteiger partial charge < -0.3 is 9.64 Å². The molecule has 1 atom stereocenters. The Balaban J connectivity index is 2.35. The molecule has 126 valence electrons. The van der Waals surface area contributed by atoms with Crippen LogP contribution in [-0.4, -0.2) is 21.2 Å². The lowest BCUT2D eigenvalue weighted by Crippen LogP contribution is -2.10. The minimum absolute atomic E-state index is 0.193. The Bertz CT molecular complexity index is 729. The van der Waals surface area contributed by atoms with Crippen molar-refractivity contribution in [1.29, 1.82) is 5.26 Å². The number of ether oxygens (including phenoxy) is 1. The van der Waals surface area contributed by atoms with Crippen LogP contribution in [0.2, 0.25) is 0 Å². The molecule has 0 bridgehead atoms. The van der Waals surface area contributed by atoms with Gasteiger partial charge in [-0.05, 0) is 47.2 Å². The van der Waals surface area contributed by atoms with Gasteiger partial charge >= 0.3 is 0 Å². The number of rotatable bonds is 6. The number of methoxy groups -OCH3 is 1. The van der Waals surface area contributed by atoms with E-state index < -0.39 is 0 Å². The van der Waals surface area contributed by atoms with Crippen molar-refractivity contribution in [1.82, 2.24) is 0 Å². The van der Waals surface area contributed by atoms with Crippen molar-refractivity contribution in [2.75, 3.05) is 26.1 Å². The van der Waals surface area contributed by atoms with Crippen molar-refractivity contribution in [3.8, 4) is 11.8 Å². The lowest BCUT2D eigenvalue weighted by atomic mass is 9.90. The van der Waals surface area contributed by atoms with E-state index in [9.17, 15) is 5.26 Å². The zero-order valence-electron chi connectivity index (χ0n) is 15.2. The van der Waals surface area contributed by atoms with Gasteiger partial charge in [0.25, 0.3) is 0 Å². The summed E-state index contributed by atoms with van der Waals surface area (Å²) >= 11 is 0. The molecule has 0 fully saturated rings. The third-order valence-electron chi connectivity index (χ3n) is 4.34. The van der Waals surface area contributed by atoms with Crippen LogP contribution in [0.4, 0.5) is 5.69 Å². The SMILES string of the molecule is COc1ccc(C(C)C)cc1CC(C#N)c1cccc(N(C)C)c1. The molecule has 0 saturated carbocycles. The lowest BCUT2D eigenvalue weighted by molar-refractivity contribution is 0.408. The van der Waals surface area contributed by atoms with Crippen LogP contribution in [-0.2, 0) is 6.42 Å².